The highest BCUT2D eigenvalue weighted by Gasteiger charge is 2.16. The molecule has 3 aromatic rings. The van der Waals surface area contributed by atoms with Crippen molar-refractivity contribution in [1.82, 2.24) is 4.98 Å². The van der Waals surface area contributed by atoms with E-state index in [2.05, 4.69) is 10.3 Å². The Kier molecular flexibility index (Phi) is 6.95. The summed E-state index contributed by atoms with van der Waals surface area (Å²) in [4.78, 5) is 28.9. The van der Waals surface area contributed by atoms with Gasteiger partial charge < -0.3 is 15.2 Å². The molecule has 1 aliphatic rings. The molecule has 164 valence electrons. The fourth-order valence-corrected chi connectivity index (χ4v) is 4.40. The van der Waals surface area contributed by atoms with Gasteiger partial charge in [0.25, 0.3) is 5.91 Å². The number of aromatic nitrogens is 1. The Morgan fingerprint density at radius 2 is 1.72 bits per heavy atom. The van der Waals surface area contributed by atoms with Crippen LogP contribution in [-0.2, 0) is 12.8 Å². The molecule has 4 rings (SSSR count). The Balaban J connectivity index is 1.53. The standard InChI is InChI=1S/C27H28N2O3/c30-26(25-13-7-12-23(28-25)17-20-10-5-2-6-11-20)29-24-15-14-21(27(31)32)18-22(24)16-19-8-3-1-4-9-19/h1,3-4,7-9,12-15,18,20H,2,5-6,10-11,16-17H2,(H,29,30)(H,31,32)/p-1. The SMILES string of the molecule is O=C([O-])c1ccc(NC(=O)c2cccc(CC3CCCCC3)n2)c(Cc2ccccc2)c1. The summed E-state index contributed by atoms with van der Waals surface area (Å²) in [6, 6.07) is 19.9. The molecule has 32 heavy (non-hydrogen) atoms. The molecule has 1 amide bonds. The Labute approximate surface area is 188 Å². The minimum absolute atomic E-state index is 0.0848. The van der Waals surface area contributed by atoms with Crippen LogP contribution in [0.2, 0.25) is 0 Å². The van der Waals surface area contributed by atoms with Gasteiger partial charge in [-0.05, 0) is 59.7 Å². The maximum Gasteiger partial charge on any atom is 0.274 e. The van der Waals surface area contributed by atoms with Crippen molar-refractivity contribution >= 4 is 17.6 Å². The van der Waals surface area contributed by atoms with Crippen LogP contribution in [-0.4, -0.2) is 16.9 Å². The first-order chi connectivity index (χ1) is 15.6. The topological polar surface area (TPSA) is 82.1 Å². The van der Waals surface area contributed by atoms with Crippen molar-refractivity contribution in [2.75, 3.05) is 5.32 Å². The van der Waals surface area contributed by atoms with Gasteiger partial charge in [-0.2, -0.15) is 0 Å². The fraction of sp³-hybridized carbons (Fsp3) is 0.296. The summed E-state index contributed by atoms with van der Waals surface area (Å²) >= 11 is 0. The van der Waals surface area contributed by atoms with Crippen molar-refractivity contribution in [3.63, 3.8) is 0 Å². The number of nitrogens with zero attached hydrogens (tertiary/aromatic N) is 1. The van der Waals surface area contributed by atoms with E-state index in [1.54, 1.807) is 18.2 Å². The van der Waals surface area contributed by atoms with Crippen LogP contribution in [0.4, 0.5) is 5.69 Å². The molecule has 1 heterocycles. The second-order valence-electron chi connectivity index (χ2n) is 8.50. The lowest BCUT2D eigenvalue weighted by molar-refractivity contribution is -0.255. The Bertz CT molecular complexity index is 1090. The third kappa shape index (κ3) is 5.61. The summed E-state index contributed by atoms with van der Waals surface area (Å²) in [6.07, 6.45) is 7.72. The smallest absolute Gasteiger partial charge is 0.274 e. The number of anilines is 1. The van der Waals surface area contributed by atoms with Gasteiger partial charge in [0.05, 0.1) is 5.97 Å². The predicted octanol–water partition coefficient (Wildman–Crippen LogP) is 4.41. The Morgan fingerprint density at radius 3 is 2.47 bits per heavy atom. The second kappa shape index (κ2) is 10.2. The first-order valence-corrected chi connectivity index (χ1v) is 11.2. The van der Waals surface area contributed by atoms with Crippen molar-refractivity contribution < 1.29 is 14.7 Å². The number of carboxylic acids is 1. The number of rotatable bonds is 7. The number of nitrogens with one attached hydrogen (secondary N) is 1. The second-order valence-corrected chi connectivity index (χ2v) is 8.50. The van der Waals surface area contributed by atoms with Crippen molar-refractivity contribution in [2.24, 2.45) is 5.92 Å². The van der Waals surface area contributed by atoms with Crippen LogP contribution in [0, 0.1) is 5.92 Å². The Morgan fingerprint density at radius 1 is 0.938 bits per heavy atom. The van der Waals surface area contributed by atoms with Crippen LogP contribution >= 0.6 is 0 Å². The molecule has 0 radical (unpaired) electrons. The number of carbonyl (C=O) groups excluding carboxylic acids is 2. The van der Waals surface area contributed by atoms with Crippen molar-refractivity contribution in [1.29, 1.82) is 0 Å². The van der Waals surface area contributed by atoms with Crippen LogP contribution in [0.25, 0.3) is 0 Å². The molecule has 1 aliphatic carbocycles. The van der Waals surface area contributed by atoms with Gasteiger partial charge in [0.15, 0.2) is 0 Å². The van der Waals surface area contributed by atoms with Gasteiger partial charge >= 0.3 is 0 Å². The van der Waals surface area contributed by atoms with E-state index in [4.69, 9.17) is 0 Å². The average Bonchev–Trinajstić information content (AvgIpc) is 2.81. The van der Waals surface area contributed by atoms with Crippen LogP contribution in [0.15, 0.2) is 66.7 Å². The minimum Gasteiger partial charge on any atom is -0.545 e. The van der Waals surface area contributed by atoms with Crippen molar-refractivity contribution in [3.05, 3.63) is 94.8 Å². The molecule has 0 atom stereocenters. The molecule has 1 aromatic heterocycles. The maximum atomic E-state index is 13.0. The highest BCUT2D eigenvalue weighted by molar-refractivity contribution is 6.03. The summed E-state index contributed by atoms with van der Waals surface area (Å²) in [5.41, 5.74) is 3.70. The van der Waals surface area contributed by atoms with Gasteiger partial charge in [-0.1, -0.05) is 74.6 Å². The van der Waals surface area contributed by atoms with E-state index >= 15 is 0 Å². The highest BCUT2D eigenvalue weighted by Crippen LogP contribution is 2.26. The van der Waals surface area contributed by atoms with Gasteiger partial charge in [-0.25, -0.2) is 4.98 Å². The summed E-state index contributed by atoms with van der Waals surface area (Å²) < 4.78 is 0. The summed E-state index contributed by atoms with van der Waals surface area (Å²) in [5, 5.41) is 14.3. The zero-order valence-corrected chi connectivity index (χ0v) is 18.0. The lowest BCUT2D eigenvalue weighted by atomic mass is 9.86. The zero-order valence-electron chi connectivity index (χ0n) is 18.0. The number of hydrogen-bond donors (Lipinski definition) is 1. The average molecular weight is 428 g/mol. The third-order valence-corrected chi connectivity index (χ3v) is 6.09. The molecule has 0 bridgehead atoms. The fourth-order valence-electron chi connectivity index (χ4n) is 4.40. The van der Waals surface area contributed by atoms with E-state index in [-0.39, 0.29) is 11.5 Å². The number of amides is 1. The molecule has 5 nitrogen and oxygen atoms in total. The molecular weight excluding hydrogens is 400 g/mol. The number of benzene rings is 2. The number of carbonyl (C=O) groups is 2. The van der Waals surface area contributed by atoms with E-state index in [1.807, 2.05) is 42.5 Å². The molecule has 1 fully saturated rings. The Hall–Kier alpha value is -3.47. The molecule has 0 spiro atoms. The molecule has 0 aliphatic heterocycles. The molecule has 0 unspecified atom stereocenters. The van der Waals surface area contributed by atoms with Gasteiger partial charge in [-0.3, -0.25) is 4.79 Å². The molecule has 2 aromatic carbocycles. The molecule has 1 saturated carbocycles. The van der Waals surface area contributed by atoms with Crippen LogP contribution in [0.3, 0.4) is 0 Å². The first-order valence-electron chi connectivity index (χ1n) is 11.2. The summed E-state index contributed by atoms with van der Waals surface area (Å²) in [5.74, 6) is -0.899. The van der Waals surface area contributed by atoms with Gasteiger partial charge in [0, 0.05) is 11.4 Å². The number of aromatic carboxylic acids is 1. The number of pyridine rings is 1. The summed E-state index contributed by atoms with van der Waals surface area (Å²) in [6.45, 7) is 0. The largest absolute Gasteiger partial charge is 0.545 e. The molecule has 0 saturated heterocycles. The third-order valence-electron chi connectivity index (χ3n) is 6.09. The van der Waals surface area contributed by atoms with Crippen molar-refractivity contribution in [2.45, 2.75) is 44.9 Å². The van der Waals surface area contributed by atoms with Crippen molar-refractivity contribution in [3.8, 4) is 0 Å². The van der Waals surface area contributed by atoms with E-state index in [0.29, 0.717) is 29.3 Å². The zero-order chi connectivity index (χ0) is 22.3. The van der Waals surface area contributed by atoms with E-state index < -0.39 is 5.97 Å². The lowest BCUT2D eigenvalue weighted by Crippen LogP contribution is -2.23. The van der Waals surface area contributed by atoms with E-state index in [1.165, 1.54) is 38.2 Å². The van der Waals surface area contributed by atoms with Crippen LogP contribution in [0.1, 0.15) is 69.8 Å². The van der Waals surface area contributed by atoms with Gasteiger partial charge in [0.1, 0.15) is 5.69 Å². The maximum absolute atomic E-state index is 13.0. The number of carboxylic acid groups (broad SMARTS) is 1. The van der Waals surface area contributed by atoms with Crippen LogP contribution < -0.4 is 10.4 Å². The van der Waals surface area contributed by atoms with Crippen LogP contribution in [0.5, 0.6) is 0 Å². The normalized spacial score (nSPS) is 14.1. The monoisotopic (exact) mass is 427 g/mol. The quantitative estimate of drug-likeness (QED) is 0.605. The molecular formula is C27H27N2O3-. The van der Waals surface area contributed by atoms with Gasteiger partial charge in [-0.15, -0.1) is 0 Å². The van der Waals surface area contributed by atoms with Gasteiger partial charge in [0.2, 0.25) is 0 Å². The minimum atomic E-state index is -1.24. The molecule has 1 N–H and O–H groups in total. The molecule has 5 heteroatoms. The van der Waals surface area contributed by atoms with E-state index in [9.17, 15) is 14.7 Å². The van der Waals surface area contributed by atoms with E-state index in [0.717, 1.165) is 17.7 Å². The predicted molar refractivity (Wildman–Crippen MR) is 122 cm³/mol. The first kappa shape index (κ1) is 21.8. The highest BCUT2D eigenvalue weighted by atomic mass is 16.4. The lowest BCUT2D eigenvalue weighted by Gasteiger charge is -2.21. The summed E-state index contributed by atoms with van der Waals surface area (Å²) in [7, 11) is 0. The number of hydrogen-bond acceptors (Lipinski definition) is 4.